The average Bonchev–Trinajstić information content (AvgIpc) is 2.60. The maximum atomic E-state index is 12.0. The van der Waals surface area contributed by atoms with Gasteiger partial charge in [0.1, 0.15) is 17.4 Å². The van der Waals surface area contributed by atoms with Gasteiger partial charge in [-0.3, -0.25) is 9.59 Å². The van der Waals surface area contributed by atoms with E-state index >= 15 is 0 Å². The molecule has 1 amide bonds. The zero-order valence-corrected chi connectivity index (χ0v) is 13.3. The highest BCUT2D eigenvalue weighted by molar-refractivity contribution is 6.04. The van der Waals surface area contributed by atoms with Gasteiger partial charge in [-0.05, 0) is 30.5 Å². The third kappa shape index (κ3) is 3.45. The van der Waals surface area contributed by atoms with Crippen molar-refractivity contribution in [3.8, 4) is 5.75 Å². The number of carboxylic acids is 1. The minimum Gasteiger partial charge on any atom is -0.484 e. The molecule has 0 saturated heterocycles. The second-order valence-corrected chi connectivity index (χ2v) is 5.51. The third-order valence-electron chi connectivity index (χ3n) is 3.71. The Balaban J connectivity index is 1.82. The minimum absolute atomic E-state index is 0.337. The SMILES string of the molecule is C[C@H](NC(=O)COc1ccc2c(c1)oc(=O)c1ccccc12)C(=O)O. The molecule has 2 N–H and O–H groups in total. The Labute approximate surface area is 141 Å². The summed E-state index contributed by atoms with van der Waals surface area (Å²) in [4.78, 5) is 34.4. The molecule has 1 heterocycles. The van der Waals surface area contributed by atoms with Crippen LogP contribution in [0, 0.1) is 0 Å². The number of carbonyl (C=O) groups is 2. The summed E-state index contributed by atoms with van der Waals surface area (Å²) in [7, 11) is 0. The van der Waals surface area contributed by atoms with Crippen LogP contribution in [0.25, 0.3) is 21.7 Å². The van der Waals surface area contributed by atoms with Gasteiger partial charge in [0.25, 0.3) is 5.91 Å². The quantitative estimate of drug-likeness (QED) is 0.542. The van der Waals surface area contributed by atoms with E-state index in [9.17, 15) is 14.4 Å². The Morgan fingerprint density at radius 2 is 1.88 bits per heavy atom. The van der Waals surface area contributed by atoms with Crippen molar-refractivity contribution in [2.24, 2.45) is 0 Å². The van der Waals surface area contributed by atoms with E-state index in [-0.39, 0.29) is 6.61 Å². The van der Waals surface area contributed by atoms with Crippen molar-refractivity contribution < 1.29 is 23.8 Å². The first-order chi connectivity index (χ1) is 12.0. The third-order valence-corrected chi connectivity index (χ3v) is 3.71. The first kappa shape index (κ1) is 16.5. The monoisotopic (exact) mass is 341 g/mol. The molecule has 1 aromatic heterocycles. The molecule has 0 spiro atoms. The Morgan fingerprint density at radius 3 is 2.60 bits per heavy atom. The van der Waals surface area contributed by atoms with Crippen LogP contribution in [0.15, 0.2) is 51.7 Å². The van der Waals surface area contributed by atoms with Gasteiger partial charge in [-0.25, -0.2) is 4.79 Å². The number of hydrogen-bond donors (Lipinski definition) is 2. The molecular formula is C18H15NO6. The molecule has 25 heavy (non-hydrogen) atoms. The van der Waals surface area contributed by atoms with E-state index in [1.165, 1.54) is 13.0 Å². The minimum atomic E-state index is -1.13. The van der Waals surface area contributed by atoms with E-state index < -0.39 is 23.5 Å². The molecule has 7 heteroatoms. The number of aliphatic carboxylic acids is 1. The van der Waals surface area contributed by atoms with Crippen molar-refractivity contribution >= 4 is 33.6 Å². The molecular weight excluding hydrogens is 326 g/mol. The number of hydrogen-bond acceptors (Lipinski definition) is 5. The maximum Gasteiger partial charge on any atom is 0.344 e. The number of benzene rings is 2. The normalized spacial score (nSPS) is 12.0. The Morgan fingerprint density at radius 1 is 1.16 bits per heavy atom. The fourth-order valence-electron chi connectivity index (χ4n) is 2.44. The fraction of sp³-hybridized carbons (Fsp3) is 0.167. The summed E-state index contributed by atoms with van der Waals surface area (Å²) in [6.45, 7) is 1.01. The van der Waals surface area contributed by atoms with E-state index in [1.54, 1.807) is 24.3 Å². The van der Waals surface area contributed by atoms with Gasteiger partial charge in [0.2, 0.25) is 0 Å². The molecule has 7 nitrogen and oxygen atoms in total. The standard InChI is InChI=1S/C18H15NO6/c1-10(17(21)22)19-16(20)9-24-11-6-7-13-12-4-2-3-5-14(12)18(23)25-15(13)8-11/h2-8,10H,9H2,1H3,(H,19,20)(H,21,22)/t10-/m0/s1. The van der Waals surface area contributed by atoms with Gasteiger partial charge in [-0.2, -0.15) is 0 Å². The van der Waals surface area contributed by atoms with Crippen molar-refractivity contribution in [3.63, 3.8) is 0 Å². The topological polar surface area (TPSA) is 106 Å². The number of fused-ring (bicyclic) bond motifs is 3. The Hall–Kier alpha value is -3.35. The smallest absolute Gasteiger partial charge is 0.344 e. The van der Waals surface area contributed by atoms with Gasteiger partial charge in [0.15, 0.2) is 6.61 Å². The molecule has 3 aromatic rings. The summed E-state index contributed by atoms with van der Waals surface area (Å²) in [6.07, 6.45) is 0. The summed E-state index contributed by atoms with van der Waals surface area (Å²) < 4.78 is 10.6. The largest absolute Gasteiger partial charge is 0.484 e. The van der Waals surface area contributed by atoms with Crippen LogP contribution in [0.2, 0.25) is 0 Å². The van der Waals surface area contributed by atoms with Crippen LogP contribution in [0.4, 0.5) is 0 Å². The van der Waals surface area contributed by atoms with Crippen LogP contribution >= 0.6 is 0 Å². The van der Waals surface area contributed by atoms with Crippen LogP contribution in [0.1, 0.15) is 6.92 Å². The predicted octanol–water partition coefficient (Wildman–Crippen LogP) is 1.91. The van der Waals surface area contributed by atoms with Gasteiger partial charge >= 0.3 is 11.6 Å². The molecule has 128 valence electrons. The zero-order valence-electron chi connectivity index (χ0n) is 13.3. The molecule has 1 atom stereocenters. The van der Waals surface area contributed by atoms with Gasteiger partial charge < -0.3 is 19.6 Å². The van der Waals surface area contributed by atoms with Crippen LogP contribution in [-0.2, 0) is 9.59 Å². The lowest BCUT2D eigenvalue weighted by molar-refractivity contribution is -0.141. The predicted molar refractivity (Wildman–Crippen MR) is 90.7 cm³/mol. The average molecular weight is 341 g/mol. The molecule has 0 aliphatic rings. The molecule has 0 aliphatic carbocycles. The van der Waals surface area contributed by atoms with E-state index in [0.717, 1.165) is 10.8 Å². The molecule has 0 saturated carbocycles. The van der Waals surface area contributed by atoms with E-state index in [1.807, 2.05) is 12.1 Å². The Kier molecular flexibility index (Phi) is 4.38. The maximum absolute atomic E-state index is 12.0. The van der Waals surface area contributed by atoms with Crippen LogP contribution < -0.4 is 15.7 Å². The van der Waals surface area contributed by atoms with Crippen molar-refractivity contribution in [3.05, 3.63) is 52.9 Å². The van der Waals surface area contributed by atoms with Gasteiger partial charge in [0, 0.05) is 11.5 Å². The number of carboxylic acid groups (broad SMARTS) is 1. The lowest BCUT2D eigenvalue weighted by Gasteiger charge is -2.10. The zero-order chi connectivity index (χ0) is 18.0. The summed E-state index contributed by atoms with van der Waals surface area (Å²) in [6, 6.07) is 11.0. The summed E-state index contributed by atoms with van der Waals surface area (Å²) >= 11 is 0. The number of carbonyl (C=O) groups excluding carboxylic acids is 1. The number of ether oxygens (including phenoxy) is 1. The van der Waals surface area contributed by atoms with Gasteiger partial charge in [0.05, 0.1) is 5.39 Å². The van der Waals surface area contributed by atoms with E-state index in [2.05, 4.69) is 5.32 Å². The van der Waals surface area contributed by atoms with Gasteiger partial charge in [-0.15, -0.1) is 0 Å². The molecule has 3 rings (SSSR count). The van der Waals surface area contributed by atoms with Crippen LogP contribution in [-0.4, -0.2) is 29.6 Å². The molecule has 0 aliphatic heterocycles. The number of nitrogens with one attached hydrogen (secondary N) is 1. The lowest BCUT2D eigenvalue weighted by atomic mass is 10.1. The number of amides is 1. The fourth-order valence-corrected chi connectivity index (χ4v) is 2.44. The van der Waals surface area contributed by atoms with Gasteiger partial charge in [-0.1, -0.05) is 18.2 Å². The van der Waals surface area contributed by atoms with E-state index in [4.69, 9.17) is 14.3 Å². The number of rotatable bonds is 5. The molecule has 0 unspecified atom stereocenters. The molecule has 0 fully saturated rings. The van der Waals surface area contributed by atoms with Crippen molar-refractivity contribution in [2.75, 3.05) is 6.61 Å². The summed E-state index contributed by atoms with van der Waals surface area (Å²) in [5.41, 5.74) is -0.103. The second-order valence-electron chi connectivity index (χ2n) is 5.51. The molecule has 0 bridgehead atoms. The van der Waals surface area contributed by atoms with Crippen molar-refractivity contribution in [1.82, 2.24) is 5.32 Å². The molecule has 0 radical (unpaired) electrons. The van der Waals surface area contributed by atoms with Crippen LogP contribution in [0.5, 0.6) is 5.75 Å². The van der Waals surface area contributed by atoms with Crippen LogP contribution in [0.3, 0.4) is 0 Å². The highest BCUT2D eigenvalue weighted by atomic mass is 16.5. The summed E-state index contributed by atoms with van der Waals surface area (Å²) in [5, 5.41) is 13.1. The first-order valence-corrected chi connectivity index (χ1v) is 7.56. The second kappa shape index (κ2) is 6.64. The molecule has 2 aromatic carbocycles. The Bertz CT molecular complexity index is 1020. The highest BCUT2D eigenvalue weighted by Gasteiger charge is 2.14. The summed E-state index contributed by atoms with van der Waals surface area (Å²) in [5.74, 6) is -1.35. The first-order valence-electron chi connectivity index (χ1n) is 7.56. The highest BCUT2D eigenvalue weighted by Crippen LogP contribution is 2.26. The van der Waals surface area contributed by atoms with E-state index in [0.29, 0.717) is 16.7 Å². The lowest BCUT2D eigenvalue weighted by Crippen LogP contribution is -2.40. The van der Waals surface area contributed by atoms with Crippen molar-refractivity contribution in [2.45, 2.75) is 13.0 Å². The van der Waals surface area contributed by atoms with Crippen molar-refractivity contribution in [1.29, 1.82) is 0 Å².